The Hall–Kier alpha value is -5.13. The predicted molar refractivity (Wildman–Crippen MR) is 217 cm³/mol. The third kappa shape index (κ3) is 6.68. The van der Waals surface area contributed by atoms with Gasteiger partial charge in [0.2, 0.25) is 0 Å². The molecule has 6 aromatic rings. The van der Waals surface area contributed by atoms with Gasteiger partial charge in [0, 0.05) is 39.4 Å². The lowest BCUT2D eigenvalue weighted by Gasteiger charge is -2.32. The number of carbonyl (C=O) groups excluding carboxylic acids is 2. The van der Waals surface area contributed by atoms with Crippen molar-refractivity contribution in [3.8, 4) is 0 Å². The van der Waals surface area contributed by atoms with E-state index >= 15 is 0 Å². The van der Waals surface area contributed by atoms with Gasteiger partial charge in [0.1, 0.15) is 0 Å². The molecule has 0 N–H and O–H groups in total. The van der Waals surface area contributed by atoms with E-state index in [9.17, 15) is 9.59 Å². The molecule has 4 nitrogen and oxygen atoms in total. The van der Waals surface area contributed by atoms with Crippen molar-refractivity contribution in [2.45, 2.75) is 74.0 Å². The van der Waals surface area contributed by atoms with Crippen molar-refractivity contribution in [2.24, 2.45) is 0 Å². The minimum Gasteiger partial charge on any atom is -0.340 e. The number of imide groups is 1. The van der Waals surface area contributed by atoms with E-state index in [1.807, 2.05) is 48.2 Å². The second kappa shape index (κ2) is 14.7. The van der Waals surface area contributed by atoms with Gasteiger partial charge in [-0.05, 0) is 139 Å². The van der Waals surface area contributed by atoms with E-state index in [1.54, 1.807) is 0 Å². The molecule has 4 bridgehead atoms. The lowest BCUT2D eigenvalue weighted by Crippen LogP contribution is -2.41. The SMILES string of the molecule is O=C1c2cccc3cccc(c23)C(=O)N1CCCc1cc2ccc1CCCc1ccc(cc1CCCN1c3ccccc3Sc3ccccc31)CCC2. The van der Waals surface area contributed by atoms with E-state index in [1.165, 1.54) is 59.4 Å². The summed E-state index contributed by atoms with van der Waals surface area (Å²) in [7, 11) is 0. The fraction of sp³-hybridized carbons (Fsp3) is 0.250. The minimum atomic E-state index is -0.172. The lowest BCUT2D eigenvalue weighted by atomic mass is 9.90. The maximum atomic E-state index is 13.5. The number of nitrogens with zero attached hydrogens (tertiary/aromatic N) is 2. The molecule has 5 heteroatoms. The van der Waals surface area contributed by atoms with Crippen LogP contribution in [0.3, 0.4) is 0 Å². The van der Waals surface area contributed by atoms with Crippen molar-refractivity contribution in [3.63, 3.8) is 0 Å². The van der Waals surface area contributed by atoms with E-state index in [0.29, 0.717) is 17.7 Å². The van der Waals surface area contributed by atoms with Gasteiger partial charge in [-0.3, -0.25) is 14.5 Å². The van der Waals surface area contributed by atoms with E-state index in [0.717, 1.165) is 81.5 Å². The molecule has 0 saturated heterocycles. The van der Waals surface area contributed by atoms with Crippen LogP contribution < -0.4 is 4.90 Å². The molecule has 0 saturated carbocycles. The summed E-state index contributed by atoms with van der Waals surface area (Å²) in [6, 6.07) is 43.5. The highest BCUT2D eigenvalue weighted by Gasteiger charge is 2.32. The largest absolute Gasteiger partial charge is 0.340 e. The summed E-state index contributed by atoms with van der Waals surface area (Å²) in [5, 5.41) is 1.74. The number of hydrogen-bond acceptors (Lipinski definition) is 4. The zero-order valence-electron chi connectivity index (χ0n) is 30.2. The molecule has 6 aromatic carbocycles. The first-order valence-corrected chi connectivity index (χ1v) is 20.1. The number of aryl methyl sites for hydroxylation is 6. The Balaban J connectivity index is 0.877. The van der Waals surface area contributed by atoms with E-state index in [4.69, 9.17) is 0 Å². The van der Waals surface area contributed by atoms with Crippen LogP contribution in [0.1, 0.15) is 79.8 Å². The first-order valence-electron chi connectivity index (χ1n) is 19.3. The summed E-state index contributed by atoms with van der Waals surface area (Å²) < 4.78 is 0. The maximum Gasteiger partial charge on any atom is 0.261 e. The van der Waals surface area contributed by atoms with Gasteiger partial charge in [-0.15, -0.1) is 0 Å². The molecule has 0 radical (unpaired) electrons. The minimum absolute atomic E-state index is 0.172. The monoisotopic (exact) mass is 712 g/mol. The smallest absolute Gasteiger partial charge is 0.261 e. The molecule has 2 amide bonds. The lowest BCUT2D eigenvalue weighted by molar-refractivity contribution is 0.0609. The van der Waals surface area contributed by atoms with Gasteiger partial charge in [0.05, 0.1) is 11.4 Å². The Labute approximate surface area is 316 Å². The number of para-hydroxylation sites is 2. The van der Waals surface area contributed by atoms with E-state index in [2.05, 4.69) is 89.8 Å². The standard InChI is InChI=1S/C48H44N2O2S/c51-47-40-19-7-15-37-16-8-20-41(46(37)40)48(52)50(47)30-10-18-39-32-34-12-5-11-33-25-27-35(13-6-14-36(39)28-26-34)38(31-33)17-9-29-49-42-21-1-3-23-44(42)53-45-24-4-2-22-43(45)49/h1-4,7-8,15-16,19-28,31-32H,5-6,9-14,17-18,29-30H2. The molecule has 4 aliphatic carbocycles. The van der Waals surface area contributed by atoms with Crippen molar-refractivity contribution in [1.29, 1.82) is 0 Å². The molecule has 12 rings (SSSR count). The summed E-state index contributed by atoms with van der Waals surface area (Å²) in [6.45, 7) is 1.42. The van der Waals surface area contributed by atoms with Crippen molar-refractivity contribution < 1.29 is 9.59 Å². The Bertz CT molecular complexity index is 2270. The van der Waals surface area contributed by atoms with Crippen molar-refractivity contribution in [2.75, 3.05) is 18.0 Å². The number of benzene rings is 6. The summed E-state index contributed by atoms with van der Waals surface area (Å²) in [6.07, 6.45) is 10.2. The normalized spacial score (nSPS) is 15.1. The average molecular weight is 713 g/mol. The number of amides is 2. The van der Waals surface area contributed by atoms with Crippen LogP contribution in [0.25, 0.3) is 10.8 Å². The van der Waals surface area contributed by atoms with Crippen LogP contribution in [-0.4, -0.2) is 29.8 Å². The van der Waals surface area contributed by atoms with Gasteiger partial charge < -0.3 is 4.90 Å². The predicted octanol–water partition coefficient (Wildman–Crippen LogP) is 11.0. The van der Waals surface area contributed by atoms with E-state index in [-0.39, 0.29) is 11.8 Å². The molecule has 0 aromatic heterocycles. The van der Waals surface area contributed by atoms with Crippen molar-refractivity contribution in [1.82, 2.24) is 4.90 Å². The second-order valence-electron chi connectivity index (χ2n) is 14.8. The summed E-state index contributed by atoms with van der Waals surface area (Å²) in [4.78, 5) is 33.7. The Morgan fingerprint density at radius 1 is 0.509 bits per heavy atom. The highest BCUT2D eigenvalue weighted by atomic mass is 32.2. The van der Waals surface area contributed by atoms with Crippen LogP contribution in [0, 0.1) is 0 Å². The molecular formula is C48H44N2O2S. The highest BCUT2D eigenvalue weighted by Crippen LogP contribution is 2.48. The highest BCUT2D eigenvalue weighted by molar-refractivity contribution is 7.99. The number of hydrogen-bond donors (Lipinski definition) is 0. The third-order valence-corrected chi connectivity index (χ3v) is 12.5. The molecular weight excluding hydrogens is 669 g/mol. The van der Waals surface area contributed by atoms with Crippen molar-refractivity contribution >= 4 is 45.7 Å². The first kappa shape index (κ1) is 33.7. The molecule has 0 fully saturated rings. The second-order valence-corrected chi connectivity index (χ2v) is 15.9. The fourth-order valence-corrected chi connectivity index (χ4v) is 9.85. The fourth-order valence-electron chi connectivity index (χ4n) is 8.75. The number of fused-ring (bicyclic) bond motifs is 2. The summed E-state index contributed by atoms with van der Waals surface area (Å²) in [5.41, 5.74) is 12.5. The summed E-state index contributed by atoms with van der Waals surface area (Å²) in [5.74, 6) is -0.345. The zero-order chi connectivity index (χ0) is 35.7. The van der Waals surface area contributed by atoms with Gasteiger partial charge in [0.15, 0.2) is 0 Å². The Morgan fingerprint density at radius 3 is 1.58 bits per heavy atom. The molecule has 0 unspecified atom stereocenters. The van der Waals surface area contributed by atoms with Gasteiger partial charge in [-0.2, -0.15) is 0 Å². The van der Waals surface area contributed by atoms with Crippen LogP contribution in [0.5, 0.6) is 0 Å². The molecule has 53 heavy (non-hydrogen) atoms. The molecule has 264 valence electrons. The van der Waals surface area contributed by atoms with E-state index < -0.39 is 0 Å². The number of anilines is 2. The number of rotatable bonds is 8. The zero-order valence-corrected chi connectivity index (χ0v) is 31.0. The molecule has 2 aliphatic heterocycles. The van der Waals surface area contributed by atoms with Crippen LogP contribution in [0.2, 0.25) is 0 Å². The average Bonchev–Trinajstić information content (AvgIpc) is 3.19. The van der Waals surface area contributed by atoms with Crippen LogP contribution in [0.4, 0.5) is 11.4 Å². The van der Waals surface area contributed by atoms with Crippen LogP contribution in [-0.2, 0) is 38.5 Å². The first-order chi connectivity index (χ1) is 26.1. The van der Waals surface area contributed by atoms with Crippen molar-refractivity contribution in [3.05, 3.63) is 166 Å². The Morgan fingerprint density at radius 2 is 1.02 bits per heavy atom. The van der Waals surface area contributed by atoms with Gasteiger partial charge >= 0.3 is 0 Å². The number of carbonyl (C=O) groups is 2. The molecule has 0 spiro atoms. The molecule has 2 heterocycles. The Kier molecular flexibility index (Phi) is 9.35. The quantitative estimate of drug-likeness (QED) is 0.147. The third-order valence-electron chi connectivity index (χ3n) is 11.4. The molecule has 6 aliphatic rings. The van der Waals surface area contributed by atoms with Gasteiger partial charge in [-0.25, -0.2) is 0 Å². The van der Waals surface area contributed by atoms with Gasteiger partial charge in [0.25, 0.3) is 11.8 Å². The van der Waals surface area contributed by atoms with Crippen LogP contribution in [0.15, 0.2) is 131 Å². The van der Waals surface area contributed by atoms with Gasteiger partial charge in [-0.1, -0.05) is 96.7 Å². The summed E-state index contributed by atoms with van der Waals surface area (Å²) >= 11 is 1.88. The van der Waals surface area contributed by atoms with Crippen LogP contribution >= 0.6 is 11.8 Å². The maximum absolute atomic E-state index is 13.5. The molecule has 0 atom stereocenters. The topological polar surface area (TPSA) is 40.6 Å².